The van der Waals surface area contributed by atoms with E-state index in [0.29, 0.717) is 0 Å². The van der Waals surface area contributed by atoms with Crippen molar-refractivity contribution in [2.45, 2.75) is 31.3 Å². The molecule has 0 bridgehead atoms. The molecular formula is C27H29NO3. The fourth-order valence-corrected chi connectivity index (χ4v) is 2.26. The Morgan fingerprint density at radius 2 is 1.77 bits per heavy atom. The van der Waals surface area contributed by atoms with Gasteiger partial charge in [-0.05, 0) is 54.4 Å². The molecule has 4 nitrogen and oxygen atoms in total. The molecule has 0 aromatic heterocycles. The van der Waals surface area contributed by atoms with Crippen LogP contribution in [0, 0.1) is 0 Å². The van der Waals surface area contributed by atoms with Crippen LogP contribution in [0.1, 0.15) is 75.3 Å². The molecule has 31 heavy (non-hydrogen) atoms. The van der Waals surface area contributed by atoms with Gasteiger partial charge in [0.25, 0.3) is 0 Å². The molecule has 1 saturated heterocycles. The van der Waals surface area contributed by atoms with E-state index >= 15 is 0 Å². The number of hydrogen-bond donors (Lipinski definition) is 0. The minimum absolute atomic E-state index is 0.936. The van der Waals surface area contributed by atoms with Crippen molar-refractivity contribution in [3.8, 4) is 11.5 Å². The van der Waals surface area contributed by atoms with Crippen molar-refractivity contribution in [1.29, 1.82) is 0 Å². The molecule has 160 valence electrons. The summed E-state index contributed by atoms with van der Waals surface area (Å²) in [7, 11) is 0. The van der Waals surface area contributed by atoms with E-state index in [1.807, 2.05) is 0 Å². The lowest BCUT2D eigenvalue weighted by Gasteiger charge is -2.35. The normalized spacial score (nSPS) is 43.7. The highest BCUT2D eigenvalue weighted by atomic mass is 16.7. The molecule has 2 aliphatic heterocycles. The SMILES string of the molecule is [2H]c1c([2H])c([2H])c(C([2H])(OC2([2H])C([2H])([2H])N(C([2H])([2H])C([2H])([2H])c3c([2H])c([2H])c4c(c3[2H])OC([2H])([2H])O4)C([2H])([2H])C([2H])([2H])C2([2H])[2H])c2c([2H])c([2H])c([2H])c([2H])c2[2H])c([2H])c1[2H]. The molecule has 0 N–H and O–H groups in total. The van der Waals surface area contributed by atoms with Crippen molar-refractivity contribution in [3.63, 3.8) is 0 Å². The second-order valence-electron chi connectivity index (χ2n) is 5.50. The summed E-state index contributed by atoms with van der Waals surface area (Å²) in [6.45, 7) is -17.1. The molecule has 0 radical (unpaired) electrons. The predicted molar refractivity (Wildman–Crippen MR) is 122 cm³/mol. The van der Waals surface area contributed by atoms with Gasteiger partial charge >= 0.3 is 0 Å². The van der Waals surface area contributed by atoms with Crippen molar-refractivity contribution >= 4 is 0 Å². The van der Waals surface area contributed by atoms with Crippen LogP contribution in [0.3, 0.4) is 0 Å². The Labute approximate surface area is 225 Å². The van der Waals surface area contributed by atoms with Crippen molar-refractivity contribution in [1.82, 2.24) is 4.90 Å². The van der Waals surface area contributed by atoms with E-state index < -0.39 is 169 Å². The van der Waals surface area contributed by atoms with Crippen LogP contribution in [-0.2, 0) is 11.1 Å². The van der Waals surface area contributed by atoms with Crippen LogP contribution in [0.25, 0.3) is 0 Å². The first kappa shape index (κ1) is 5.56. The van der Waals surface area contributed by atoms with E-state index in [1.54, 1.807) is 0 Å². The van der Waals surface area contributed by atoms with Gasteiger partial charge in [-0.3, -0.25) is 0 Å². The van der Waals surface area contributed by atoms with Gasteiger partial charge in [-0.2, -0.15) is 0 Å². The smallest absolute Gasteiger partial charge is 0.231 e. The first-order valence-electron chi connectivity index (χ1n) is 22.9. The lowest BCUT2D eigenvalue weighted by Crippen LogP contribution is -2.41. The topological polar surface area (TPSA) is 30.9 Å². The summed E-state index contributed by atoms with van der Waals surface area (Å²) in [6.07, 6.45) is -22.6. The van der Waals surface area contributed by atoms with Crippen LogP contribution in [0.15, 0.2) is 78.6 Å². The molecule has 5 rings (SSSR count). The van der Waals surface area contributed by atoms with Crippen molar-refractivity contribution in [3.05, 3.63) is 95.2 Å². The monoisotopic (exact) mass is 444 g/mol. The quantitative estimate of drug-likeness (QED) is 0.499. The van der Waals surface area contributed by atoms with Gasteiger partial charge in [0.15, 0.2) is 11.5 Å². The molecule has 2 aliphatic rings. The van der Waals surface area contributed by atoms with Crippen LogP contribution in [-0.4, -0.2) is 37.2 Å². The minimum atomic E-state index is -4.86. The number of fused-ring (bicyclic) bond motifs is 1. The van der Waals surface area contributed by atoms with E-state index in [0.717, 1.165) is 0 Å². The fraction of sp³-hybridized carbons (Fsp3) is 0.333. The first-order chi connectivity index (χ1) is 26.7. The molecule has 3 aromatic rings. The zero-order valence-electron chi connectivity index (χ0n) is 44.2. The third-order valence-corrected chi connectivity index (χ3v) is 3.54. The van der Waals surface area contributed by atoms with Crippen molar-refractivity contribution in [2.24, 2.45) is 0 Å². The highest BCUT2D eigenvalue weighted by Gasteiger charge is 2.25. The zero-order chi connectivity index (χ0) is 46.6. The van der Waals surface area contributed by atoms with Gasteiger partial charge in [0.05, 0.1) is 26.6 Å². The van der Waals surface area contributed by atoms with Gasteiger partial charge in [-0.1, -0.05) is 66.5 Å². The standard InChI is InChI=1S/C27H29NO3/c1-3-8-22(9-4-1)27(23-10-5-2-6-11-23)31-24-12-7-16-28(19-24)17-15-21-13-14-25-26(18-21)30-20-29-25/h1-6,8-11,13-14,18,24,27H,7,12,15-17,19-20H2/i1D,2D,3D,4D,5D,6D,7D2,8D,9D,10D,11D,12D2,13D,14D,15D2,16D2,17D2,18D,19D2,20D2,24D,27D. The lowest BCUT2D eigenvalue weighted by molar-refractivity contribution is -0.0330. The van der Waals surface area contributed by atoms with Crippen LogP contribution >= 0.6 is 0 Å². The highest BCUT2D eigenvalue weighted by Crippen LogP contribution is 2.33. The molecule has 1 fully saturated rings. The average molecular weight is 445 g/mol. The Morgan fingerprint density at radius 1 is 1.06 bits per heavy atom. The van der Waals surface area contributed by atoms with Gasteiger partial charge < -0.3 is 19.1 Å². The van der Waals surface area contributed by atoms with E-state index in [1.165, 1.54) is 0 Å². The molecule has 0 saturated carbocycles. The number of rotatable bonds is 7. The van der Waals surface area contributed by atoms with Gasteiger partial charge in [0.1, 0.15) is 8.82 Å². The maximum atomic E-state index is 9.56. The second kappa shape index (κ2) is 9.54. The van der Waals surface area contributed by atoms with Gasteiger partial charge in [0, 0.05) is 29.4 Å². The Balaban J connectivity index is 1.92. The molecule has 0 spiro atoms. The summed E-state index contributed by atoms with van der Waals surface area (Å²) >= 11 is 0. The lowest BCUT2D eigenvalue weighted by atomic mass is 10.00. The van der Waals surface area contributed by atoms with Crippen molar-refractivity contribution in [2.75, 3.05) is 26.2 Å². The van der Waals surface area contributed by atoms with E-state index in [4.69, 9.17) is 51.2 Å². The third kappa shape index (κ3) is 4.92. The maximum Gasteiger partial charge on any atom is 0.231 e. The summed E-state index contributed by atoms with van der Waals surface area (Å²) in [5.41, 5.74) is -4.78. The highest BCUT2D eigenvalue weighted by molar-refractivity contribution is 5.44. The summed E-state index contributed by atoms with van der Waals surface area (Å²) < 4.78 is 264. The predicted octanol–water partition coefficient (Wildman–Crippen LogP) is 5.23. The summed E-state index contributed by atoms with van der Waals surface area (Å²) in [5, 5.41) is 0. The summed E-state index contributed by atoms with van der Waals surface area (Å²) in [6, 6.07) is -17.6. The Kier molecular flexibility index (Phi) is 1.71. The Bertz CT molecular complexity index is 2220. The summed E-state index contributed by atoms with van der Waals surface area (Å²) in [5.74, 6) is -2.02. The molecule has 0 aliphatic carbocycles. The summed E-state index contributed by atoms with van der Waals surface area (Å²) in [4.78, 5) is -1.06. The fourth-order valence-electron chi connectivity index (χ4n) is 2.26. The number of likely N-dealkylation sites (tertiary alicyclic amines) is 1. The van der Waals surface area contributed by atoms with Crippen molar-refractivity contribution < 1.29 is 54.0 Å². The first-order valence-corrected chi connectivity index (χ1v) is 8.40. The van der Waals surface area contributed by atoms with Gasteiger partial charge in [-0.15, -0.1) is 0 Å². The van der Waals surface area contributed by atoms with Crippen LogP contribution < -0.4 is 9.47 Å². The van der Waals surface area contributed by atoms with Crippen LogP contribution in [0.2, 0.25) is 0 Å². The zero-order valence-corrected chi connectivity index (χ0v) is 15.2. The number of ether oxygens (including phenoxy) is 3. The van der Waals surface area contributed by atoms with E-state index in [9.17, 15) is 2.74 Å². The Morgan fingerprint density at radius 3 is 2.52 bits per heavy atom. The van der Waals surface area contributed by atoms with E-state index in [-0.39, 0.29) is 0 Å². The number of benzene rings is 3. The number of piperidine rings is 1. The average Bonchev–Trinajstić information content (AvgIpc) is 3.45. The van der Waals surface area contributed by atoms with Crippen LogP contribution in [0.5, 0.6) is 11.5 Å². The minimum Gasteiger partial charge on any atom is -0.454 e. The third-order valence-electron chi connectivity index (χ3n) is 3.54. The molecule has 2 heterocycles. The molecule has 1 unspecified atom stereocenters. The van der Waals surface area contributed by atoms with E-state index in [2.05, 4.69) is 0 Å². The van der Waals surface area contributed by atoms with Gasteiger partial charge in [-0.25, -0.2) is 0 Å². The van der Waals surface area contributed by atoms with Gasteiger partial charge in [0.2, 0.25) is 6.75 Å². The molecular weight excluding hydrogens is 386 g/mol. The maximum absolute atomic E-state index is 9.56. The molecule has 1 atom stereocenters. The molecule has 0 amide bonds. The molecule has 4 heteroatoms. The number of hydrogen-bond acceptors (Lipinski definition) is 4. The number of nitrogens with zero attached hydrogens (tertiary/aromatic N) is 1. The Hall–Kier alpha value is -2.82. The second-order valence-corrected chi connectivity index (χ2v) is 5.50. The van der Waals surface area contributed by atoms with Crippen LogP contribution in [0.4, 0.5) is 0 Å². The molecule has 3 aromatic carbocycles. The largest absolute Gasteiger partial charge is 0.454 e.